The van der Waals surface area contributed by atoms with Gasteiger partial charge in [-0.25, -0.2) is 12.8 Å². The van der Waals surface area contributed by atoms with E-state index in [1.54, 1.807) is 6.07 Å². The summed E-state index contributed by atoms with van der Waals surface area (Å²) in [5, 5.41) is 9.72. The maximum atomic E-state index is 14.1. The summed E-state index contributed by atoms with van der Waals surface area (Å²) in [6.07, 6.45) is 0.137. The van der Waals surface area contributed by atoms with E-state index in [9.17, 15) is 27.7 Å². The maximum absolute atomic E-state index is 14.1. The first-order valence-electron chi connectivity index (χ1n) is 8.75. The molecule has 2 aromatic carbocycles. The second-order valence-corrected chi connectivity index (χ2v) is 8.95. The minimum atomic E-state index is -3.60. The van der Waals surface area contributed by atoms with Crippen molar-refractivity contribution in [2.75, 3.05) is 18.8 Å². The Morgan fingerprint density at radius 1 is 1.14 bits per heavy atom. The highest BCUT2D eigenvalue weighted by Gasteiger charge is 2.34. The van der Waals surface area contributed by atoms with E-state index in [1.165, 1.54) is 47.4 Å². The van der Waals surface area contributed by atoms with Crippen molar-refractivity contribution in [3.63, 3.8) is 0 Å². The zero-order valence-corrected chi connectivity index (χ0v) is 15.8. The van der Waals surface area contributed by atoms with Crippen LogP contribution in [0.2, 0.25) is 0 Å². The molecule has 0 aromatic heterocycles. The Hall–Kier alpha value is -2.81. The third-order valence-corrected chi connectivity index (χ3v) is 6.96. The van der Waals surface area contributed by atoms with E-state index in [2.05, 4.69) is 0 Å². The lowest BCUT2D eigenvalue weighted by atomic mass is 10.1. The molecule has 1 aliphatic heterocycles. The standard InChI is InChI=1S/C19H19FN2O5S/c20-17-4-2-1-3-16(17)18-9-10-21(11-12-28(18,26)27)19(23)13-14-5-7-15(8-6-14)22(24)25/h1-8,18H,9-13H2. The van der Waals surface area contributed by atoms with Crippen molar-refractivity contribution in [1.29, 1.82) is 0 Å². The Morgan fingerprint density at radius 2 is 1.82 bits per heavy atom. The molecule has 1 amide bonds. The van der Waals surface area contributed by atoms with Gasteiger partial charge in [0.05, 0.1) is 22.3 Å². The number of sulfone groups is 1. The van der Waals surface area contributed by atoms with Gasteiger partial charge in [-0.2, -0.15) is 0 Å². The highest BCUT2D eigenvalue weighted by molar-refractivity contribution is 7.91. The predicted molar refractivity (Wildman–Crippen MR) is 101 cm³/mol. The third-order valence-electron chi connectivity index (χ3n) is 4.85. The number of hydrogen-bond acceptors (Lipinski definition) is 5. The third kappa shape index (κ3) is 4.36. The van der Waals surface area contributed by atoms with E-state index < -0.39 is 25.8 Å². The predicted octanol–water partition coefficient (Wildman–Crippen LogP) is 2.66. The van der Waals surface area contributed by atoms with Crippen molar-refractivity contribution in [2.45, 2.75) is 18.1 Å². The zero-order chi connectivity index (χ0) is 20.3. The van der Waals surface area contributed by atoms with E-state index in [-0.39, 0.29) is 48.8 Å². The lowest BCUT2D eigenvalue weighted by molar-refractivity contribution is -0.384. The van der Waals surface area contributed by atoms with Gasteiger partial charge in [0.1, 0.15) is 5.82 Å². The van der Waals surface area contributed by atoms with Crippen LogP contribution < -0.4 is 0 Å². The van der Waals surface area contributed by atoms with Crippen molar-refractivity contribution in [1.82, 2.24) is 4.90 Å². The summed E-state index contributed by atoms with van der Waals surface area (Å²) in [6, 6.07) is 11.4. The van der Waals surface area contributed by atoms with E-state index in [4.69, 9.17) is 0 Å². The van der Waals surface area contributed by atoms with Crippen LogP contribution in [0.1, 0.15) is 22.8 Å². The lowest BCUT2D eigenvalue weighted by Gasteiger charge is -2.20. The molecular formula is C19H19FN2O5S. The number of carbonyl (C=O) groups is 1. The Morgan fingerprint density at radius 3 is 2.46 bits per heavy atom. The zero-order valence-electron chi connectivity index (χ0n) is 15.0. The van der Waals surface area contributed by atoms with E-state index in [1.807, 2.05) is 0 Å². The minimum Gasteiger partial charge on any atom is -0.341 e. The number of benzene rings is 2. The number of hydrogen-bond donors (Lipinski definition) is 0. The SMILES string of the molecule is O=C(Cc1ccc([N+](=O)[O-])cc1)N1CCC(c2ccccc2F)S(=O)(=O)CC1. The summed E-state index contributed by atoms with van der Waals surface area (Å²) in [5.41, 5.74) is 0.672. The van der Waals surface area contributed by atoms with Crippen LogP contribution >= 0.6 is 0 Å². The molecule has 7 nitrogen and oxygen atoms in total. The van der Waals surface area contributed by atoms with Crippen LogP contribution in [0.15, 0.2) is 48.5 Å². The summed E-state index contributed by atoms with van der Waals surface area (Å²) >= 11 is 0. The van der Waals surface area contributed by atoms with Crippen LogP contribution in [0.5, 0.6) is 0 Å². The molecular weight excluding hydrogens is 387 g/mol. The number of non-ortho nitro benzene ring substituents is 1. The van der Waals surface area contributed by atoms with Crippen LogP contribution in [-0.4, -0.2) is 43.0 Å². The van der Waals surface area contributed by atoms with Crippen molar-refractivity contribution in [3.05, 3.63) is 75.6 Å². The normalized spacial score (nSPS) is 19.0. The molecule has 0 aliphatic carbocycles. The van der Waals surface area contributed by atoms with Crippen molar-refractivity contribution in [2.24, 2.45) is 0 Å². The first-order chi connectivity index (χ1) is 13.3. The first kappa shape index (κ1) is 19.9. The molecule has 0 N–H and O–H groups in total. The molecule has 0 spiro atoms. The van der Waals surface area contributed by atoms with Crippen molar-refractivity contribution >= 4 is 21.4 Å². The summed E-state index contributed by atoms with van der Waals surface area (Å²) in [6.45, 7) is 0.239. The molecule has 148 valence electrons. The summed E-state index contributed by atoms with van der Waals surface area (Å²) < 4.78 is 39.3. The van der Waals surface area contributed by atoms with Crippen LogP contribution in [0.25, 0.3) is 0 Å². The average Bonchev–Trinajstić information content (AvgIpc) is 2.81. The number of halogens is 1. The number of nitro benzene ring substituents is 1. The van der Waals surface area contributed by atoms with Gasteiger partial charge in [-0.3, -0.25) is 14.9 Å². The molecule has 3 rings (SSSR count). The minimum absolute atomic E-state index is 0.0163. The van der Waals surface area contributed by atoms with Gasteiger partial charge in [0.25, 0.3) is 5.69 Å². The fourth-order valence-electron chi connectivity index (χ4n) is 3.30. The number of nitrogens with zero attached hydrogens (tertiary/aromatic N) is 2. The first-order valence-corrected chi connectivity index (χ1v) is 10.5. The van der Waals surface area contributed by atoms with Crippen LogP contribution in [0.3, 0.4) is 0 Å². The molecule has 28 heavy (non-hydrogen) atoms. The van der Waals surface area contributed by atoms with Crippen LogP contribution in [0, 0.1) is 15.9 Å². The van der Waals surface area contributed by atoms with Gasteiger partial charge >= 0.3 is 0 Å². The molecule has 2 aromatic rings. The van der Waals surface area contributed by atoms with Gasteiger partial charge in [0.2, 0.25) is 5.91 Å². The monoisotopic (exact) mass is 406 g/mol. The average molecular weight is 406 g/mol. The van der Waals surface area contributed by atoms with E-state index in [0.717, 1.165) is 0 Å². The van der Waals surface area contributed by atoms with Gasteiger partial charge in [0, 0.05) is 30.8 Å². The molecule has 1 fully saturated rings. The Labute approximate surface area is 161 Å². The summed E-state index contributed by atoms with van der Waals surface area (Å²) in [7, 11) is -3.60. The number of nitro groups is 1. The van der Waals surface area contributed by atoms with Gasteiger partial charge < -0.3 is 4.90 Å². The summed E-state index contributed by atoms with van der Waals surface area (Å²) in [5.74, 6) is -1.07. The Bertz CT molecular complexity index is 992. The van der Waals surface area contributed by atoms with E-state index >= 15 is 0 Å². The van der Waals surface area contributed by atoms with Gasteiger partial charge in [-0.1, -0.05) is 30.3 Å². The molecule has 1 saturated heterocycles. The molecule has 0 radical (unpaired) electrons. The second-order valence-electron chi connectivity index (χ2n) is 6.65. The molecule has 9 heteroatoms. The highest BCUT2D eigenvalue weighted by atomic mass is 32.2. The smallest absolute Gasteiger partial charge is 0.269 e. The number of amides is 1. The second kappa shape index (κ2) is 8.05. The lowest BCUT2D eigenvalue weighted by Crippen LogP contribution is -2.34. The largest absolute Gasteiger partial charge is 0.341 e. The quantitative estimate of drug-likeness (QED) is 0.574. The maximum Gasteiger partial charge on any atom is 0.269 e. The van der Waals surface area contributed by atoms with Gasteiger partial charge in [-0.15, -0.1) is 0 Å². The number of rotatable bonds is 4. The number of carbonyl (C=O) groups excluding carboxylic acids is 1. The van der Waals surface area contributed by atoms with Gasteiger partial charge in [-0.05, 0) is 18.1 Å². The molecule has 0 saturated carbocycles. The molecule has 1 unspecified atom stereocenters. The summed E-state index contributed by atoms with van der Waals surface area (Å²) in [4.78, 5) is 24.2. The molecule has 1 heterocycles. The Balaban J connectivity index is 1.72. The van der Waals surface area contributed by atoms with Crippen molar-refractivity contribution in [3.8, 4) is 0 Å². The molecule has 1 atom stereocenters. The highest BCUT2D eigenvalue weighted by Crippen LogP contribution is 2.31. The molecule has 0 bridgehead atoms. The van der Waals surface area contributed by atoms with Crippen LogP contribution in [-0.2, 0) is 21.1 Å². The topological polar surface area (TPSA) is 97.6 Å². The van der Waals surface area contributed by atoms with Crippen molar-refractivity contribution < 1.29 is 22.5 Å². The fourth-order valence-corrected chi connectivity index (χ4v) is 5.10. The molecule has 1 aliphatic rings. The Kier molecular flexibility index (Phi) is 5.73. The fraction of sp³-hybridized carbons (Fsp3) is 0.316. The van der Waals surface area contributed by atoms with Gasteiger partial charge in [0.15, 0.2) is 9.84 Å². The van der Waals surface area contributed by atoms with Crippen LogP contribution in [0.4, 0.5) is 10.1 Å². The van der Waals surface area contributed by atoms with E-state index in [0.29, 0.717) is 5.56 Å².